The lowest BCUT2D eigenvalue weighted by Gasteiger charge is -1.77. The number of nitrogen functional groups attached to an aromatic ring is 1. The van der Waals surface area contributed by atoms with E-state index in [4.69, 9.17) is 5.73 Å². The van der Waals surface area contributed by atoms with Gasteiger partial charge in [-0.3, -0.25) is 0 Å². The van der Waals surface area contributed by atoms with Crippen LogP contribution in [0.1, 0.15) is 10.6 Å². The first-order valence-electron chi connectivity index (χ1n) is 2.54. The maximum atomic E-state index is 5.39. The molecule has 0 amide bonds. The Bertz CT molecular complexity index is 180. The van der Waals surface area contributed by atoms with Crippen LogP contribution in [0, 0.1) is 13.8 Å². The Morgan fingerprint density at radius 3 is 2.00 bits per heavy atom. The predicted octanol–water partition coefficient (Wildman–Crippen LogP) is 3.11. The highest BCUT2D eigenvalue weighted by atomic mass is 128. The lowest BCUT2D eigenvalue weighted by atomic mass is 10.4. The third kappa shape index (κ3) is 3.33. The lowest BCUT2D eigenvalue weighted by molar-refractivity contribution is 1.24. The summed E-state index contributed by atoms with van der Waals surface area (Å²) in [6.45, 7) is 3.98. The molecule has 0 aromatic carbocycles. The molecule has 0 aliphatic carbocycles. The molecular formula is C5H8I2N2S. The first-order valence-corrected chi connectivity index (χ1v) is 9.64. The molecular weight excluding hydrogens is 374 g/mol. The van der Waals surface area contributed by atoms with Crippen molar-refractivity contribution in [3.63, 3.8) is 0 Å². The fourth-order valence-electron chi connectivity index (χ4n) is 0.498. The highest BCUT2D eigenvalue weighted by Gasteiger charge is 1.96. The summed E-state index contributed by atoms with van der Waals surface area (Å²) in [7, 11) is 0. The van der Waals surface area contributed by atoms with Crippen molar-refractivity contribution in [1.29, 1.82) is 0 Å². The van der Waals surface area contributed by atoms with Gasteiger partial charge in [0.05, 0.1) is 5.69 Å². The number of hydrogen-bond donors (Lipinski definition) is 1. The Hall–Kier alpha value is 0.890. The number of aromatic nitrogens is 1. The Balaban J connectivity index is 0.000000371. The molecule has 0 aliphatic heterocycles. The third-order valence-electron chi connectivity index (χ3n) is 1.05. The average molecular weight is 382 g/mol. The summed E-state index contributed by atoms with van der Waals surface area (Å²) >= 11 is 5.78. The van der Waals surface area contributed by atoms with Crippen molar-refractivity contribution in [2.24, 2.45) is 0 Å². The smallest absolute Gasteiger partial charge is 0.180 e. The number of aryl methyl sites for hydroxylation is 2. The van der Waals surface area contributed by atoms with Gasteiger partial charge in [0.25, 0.3) is 0 Å². The number of anilines is 1. The van der Waals surface area contributed by atoms with Crippen LogP contribution in [0.15, 0.2) is 0 Å². The number of thiazole rings is 1. The van der Waals surface area contributed by atoms with Gasteiger partial charge in [-0.15, -0.1) is 11.3 Å². The number of nitrogens with zero attached hydrogens (tertiary/aromatic N) is 1. The predicted molar refractivity (Wildman–Crippen MR) is 64.0 cm³/mol. The van der Waals surface area contributed by atoms with E-state index in [9.17, 15) is 0 Å². The van der Waals surface area contributed by atoms with Crippen LogP contribution in [0.2, 0.25) is 0 Å². The van der Waals surface area contributed by atoms with Crippen molar-refractivity contribution in [3.05, 3.63) is 10.6 Å². The molecule has 0 atom stereocenters. The lowest BCUT2D eigenvalue weighted by Crippen LogP contribution is -1.80. The number of rotatable bonds is 0. The van der Waals surface area contributed by atoms with E-state index in [0.29, 0.717) is 5.13 Å². The summed E-state index contributed by atoms with van der Waals surface area (Å²) in [4.78, 5) is 5.22. The molecule has 5 heteroatoms. The average Bonchev–Trinajstić information content (AvgIpc) is 2.16. The Morgan fingerprint density at radius 1 is 1.40 bits per heavy atom. The summed E-state index contributed by atoms with van der Waals surface area (Å²) in [5.41, 5.74) is 6.44. The largest absolute Gasteiger partial charge is 0.375 e. The molecule has 0 saturated heterocycles. The van der Waals surface area contributed by atoms with Gasteiger partial charge < -0.3 is 5.73 Å². The van der Waals surface area contributed by atoms with Gasteiger partial charge in [-0.05, 0) is 13.8 Å². The van der Waals surface area contributed by atoms with Crippen molar-refractivity contribution in [3.8, 4) is 0 Å². The maximum absolute atomic E-state index is 5.39. The molecule has 1 rings (SSSR count). The third-order valence-corrected chi connectivity index (χ3v) is 1.95. The van der Waals surface area contributed by atoms with E-state index in [0.717, 1.165) is 5.69 Å². The second kappa shape index (κ2) is 5.53. The fraction of sp³-hybridized carbons (Fsp3) is 0.400. The molecule has 1 aromatic heterocycles. The molecule has 10 heavy (non-hydrogen) atoms. The standard InChI is InChI=1S/C5H8N2S.I2/c1-3-4(2)8-5(6)7-3;1-2/h1-2H3,(H2,6,7);. The molecule has 1 heterocycles. The van der Waals surface area contributed by atoms with Crippen LogP contribution in [-0.2, 0) is 0 Å². The van der Waals surface area contributed by atoms with E-state index >= 15 is 0 Å². The minimum Gasteiger partial charge on any atom is -0.375 e. The molecule has 0 bridgehead atoms. The van der Waals surface area contributed by atoms with Gasteiger partial charge in [-0.2, -0.15) is 0 Å². The molecule has 0 spiro atoms. The number of nitrogens with two attached hydrogens (primary N) is 1. The second-order valence-corrected chi connectivity index (χ2v) is 2.93. The maximum Gasteiger partial charge on any atom is 0.180 e. The van der Waals surface area contributed by atoms with Gasteiger partial charge >= 0.3 is 0 Å². The zero-order chi connectivity index (χ0) is 8.15. The molecule has 58 valence electrons. The molecule has 0 fully saturated rings. The molecule has 0 saturated carbocycles. The summed E-state index contributed by atoms with van der Waals surface area (Å²) in [6, 6.07) is 0. The SMILES string of the molecule is Cc1nc(N)sc1C.II. The quantitative estimate of drug-likeness (QED) is 0.701. The van der Waals surface area contributed by atoms with Gasteiger partial charge in [0.2, 0.25) is 0 Å². The van der Waals surface area contributed by atoms with Crippen molar-refractivity contribution in [2.75, 3.05) is 5.73 Å². The Kier molecular flexibility index (Phi) is 6.02. The van der Waals surface area contributed by atoms with Crippen molar-refractivity contribution in [2.45, 2.75) is 13.8 Å². The summed E-state index contributed by atoms with van der Waals surface area (Å²) in [5.74, 6) is 0. The Morgan fingerprint density at radius 2 is 1.90 bits per heavy atom. The van der Waals surface area contributed by atoms with Gasteiger partial charge in [0.15, 0.2) is 5.13 Å². The van der Waals surface area contributed by atoms with Gasteiger partial charge in [-0.1, -0.05) is 0 Å². The first kappa shape index (κ1) is 10.9. The van der Waals surface area contributed by atoms with Crippen molar-refractivity contribution >= 4 is 53.7 Å². The minimum absolute atomic E-state index is 0.667. The number of halogens is 2. The zero-order valence-electron chi connectivity index (χ0n) is 5.69. The van der Waals surface area contributed by atoms with Gasteiger partial charge in [-0.25, -0.2) is 4.98 Å². The molecule has 0 radical (unpaired) electrons. The molecule has 2 N–H and O–H groups in total. The topological polar surface area (TPSA) is 38.9 Å². The first-order chi connectivity index (χ1) is 4.70. The van der Waals surface area contributed by atoms with Crippen LogP contribution in [0.5, 0.6) is 0 Å². The number of hydrogen-bond acceptors (Lipinski definition) is 3. The van der Waals surface area contributed by atoms with Crippen molar-refractivity contribution in [1.82, 2.24) is 4.98 Å². The van der Waals surface area contributed by atoms with Gasteiger partial charge in [0.1, 0.15) is 0 Å². The monoisotopic (exact) mass is 382 g/mol. The van der Waals surface area contributed by atoms with Gasteiger partial charge in [0, 0.05) is 42.1 Å². The minimum atomic E-state index is 0.667. The van der Waals surface area contributed by atoms with E-state index in [-0.39, 0.29) is 0 Å². The van der Waals surface area contributed by atoms with Crippen LogP contribution in [0.25, 0.3) is 0 Å². The second-order valence-electron chi connectivity index (χ2n) is 1.69. The van der Waals surface area contributed by atoms with E-state index in [1.54, 1.807) is 0 Å². The summed E-state index contributed by atoms with van der Waals surface area (Å²) in [6.07, 6.45) is 0. The molecule has 0 aliphatic rings. The molecule has 1 aromatic rings. The van der Waals surface area contributed by atoms with Crippen LogP contribution in [0.4, 0.5) is 5.13 Å². The van der Waals surface area contributed by atoms with E-state index in [1.165, 1.54) is 16.2 Å². The van der Waals surface area contributed by atoms with Crippen LogP contribution in [-0.4, -0.2) is 4.98 Å². The highest BCUT2D eigenvalue weighted by molar-refractivity contribution is 15.0. The fourth-order valence-corrected chi connectivity index (χ4v) is 1.19. The molecule has 0 unspecified atom stereocenters. The van der Waals surface area contributed by atoms with E-state index < -0.39 is 0 Å². The highest BCUT2D eigenvalue weighted by Crippen LogP contribution is 2.16. The normalized spacial score (nSPS) is 8.40. The van der Waals surface area contributed by atoms with Crippen molar-refractivity contribution < 1.29 is 0 Å². The van der Waals surface area contributed by atoms with E-state index in [2.05, 4.69) is 42.2 Å². The summed E-state index contributed by atoms with van der Waals surface area (Å²) in [5, 5.41) is 0.667. The van der Waals surface area contributed by atoms with E-state index in [1.807, 2.05) is 13.8 Å². The summed E-state index contributed by atoms with van der Waals surface area (Å²) < 4.78 is 0. The van der Waals surface area contributed by atoms with Crippen LogP contribution >= 0.6 is 48.6 Å². The molecule has 2 nitrogen and oxygen atoms in total. The van der Waals surface area contributed by atoms with Crippen LogP contribution < -0.4 is 5.73 Å². The Labute approximate surface area is 87.9 Å². The van der Waals surface area contributed by atoms with Crippen LogP contribution in [0.3, 0.4) is 0 Å². The zero-order valence-corrected chi connectivity index (χ0v) is 10.8.